The lowest BCUT2D eigenvalue weighted by Gasteiger charge is -2.43. The van der Waals surface area contributed by atoms with E-state index >= 15 is 0 Å². The Bertz CT molecular complexity index is 730. The highest BCUT2D eigenvalue weighted by Gasteiger charge is 2.45. The SMILES string of the molecule is N#Cc1ccc(OC(=O)N2C[C@H](N3CCCCC3=O)CC(F)(F)C2)cc1. The highest BCUT2D eigenvalue weighted by molar-refractivity contribution is 5.77. The predicted octanol–water partition coefficient (Wildman–Crippen LogP) is 2.78. The van der Waals surface area contributed by atoms with Gasteiger partial charge in [-0.15, -0.1) is 0 Å². The molecule has 2 aliphatic rings. The van der Waals surface area contributed by atoms with Gasteiger partial charge in [0.1, 0.15) is 5.75 Å². The molecular formula is C18H19F2N3O3. The van der Waals surface area contributed by atoms with Crippen LogP contribution in [-0.4, -0.2) is 53.4 Å². The van der Waals surface area contributed by atoms with E-state index in [0.29, 0.717) is 18.5 Å². The zero-order chi connectivity index (χ0) is 18.7. The van der Waals surface area contributed by atoms with E-state index in [1.807, 2.05) is 6.07 Å². The first kappa shape index (κ1) is 18.1. The number of likely N-dealkylation sites (tertiary alicyclic amines) is 2. The van der Waals surface area contributed by atoms with Gasteiger partial charge < -0.3 is 9.64 Å². The molecule has 2 fully saturated rings. The second kappa shape index (κ2) is 7.28. The summed E-state index contributed by atoms with van der Waals surface area (Å²) < 4.78 is 33.5. The molecule has 2 saturated heterocycles. The van der Waals surface area contributed by atoms with Gasteiger partial charge in [0, 0.05) is 25.9 Å². The van der Waals surface area contributed by atoms with Gasteiger partial charge in [-0.2, -0.15) is 5.26 Å². The Morgan fingerprint density at radius 2 is 2.00 bits per heavy atom. The number of benzene rings is 1. The Hall–Kier alpha value is -2.69. The average molecular weight is 363 g/mol. The molecule has 1 atom stereocenters. The summed E-state index contributed by atoms with van der Waals surface area (Å²) in [7, 11) is 0. The van der Waals surface area contributed by atoms with Crippen molar-refractivity contribution in [2.45, 2.75) is 37.6 Å². The number of carbonyl (C=O) groups excluding carboxylic acids is 2. The van der Waals surface area contributed by atoms with Crippen molar-refractivity contribution in [2.75, 3.05) is 19.6 Å². The Kier molecular flexibility index (Phi) is 5.07. The summed E-state index contributed by atoms with van der Waals surface area (Å²) in [5.41, 5.74) is 0.401. The number of hydrogen-bond acceptors (Lipinski definition) is 4. The molecule has 3 rings (SSSR count). The summed E-state index contributed by atoms with van der Waals surface area (Å²) in [5, 5.41) is 8.76. The Balaban J connectivity index is 1.70. The van der Waals surface area contributed by atoms with Crippen molar-refractivity contribution in [3.8, 4) is 11.8 Å². The first-order valence-electron chi connectivity index (χ1n) is 8.52. The maximum atomic E-state index is 14.2. The molecular weight excluding hydrogens is 344 g/mol. The van der Waals surface area contributed by atoms with Crippen LogP contribution >= 0.6 is 0 Å². The van der Waals surface area contributed by atoms with Crippen LogP contribution in [0.1, 0.15) is 31.2 Å². The first-order valence-corrected chi connectivity index (χ1v) is 8.52. The zero-order valence-corrected chi connectivity index (χ0v) is 14.2. The van der Waals surface area contributed by atoms with Gasteiger partial charge in [-0.05, 0) is 37.1 Å². The standard InChI is InChI=1S/C18H19F2N3O3/c19-18(20)9-14(23-8-2-1-3-16(23)24)11-22(12-18)17(25)26-15-6-4-13(10-21)5-7-15/h4-7,14H,1-3,8-9,11-12H2/t14-/m1/s1. The minimum atomic E-state index is -3.08. The van der Waals surface area contributed by atoms with Crippen LogP contribution in [0.2, 0.25) is 0 Å². The Morgan fingerprint density at radius 3 is 2.65 bits per heavy atom. The van der Waals surface area contributed by atoms with E-state index in [4.69, 9.17) is 10.00 Å². The van der Waals surface area contributed by atoms with Crippen LogP contribution in [0.15, 0.2) is 24.3 Å². The van der Waals surface area contributed by atoms with Crippen LogP contribution < -0.4 is 4.74 Å². The largest absolute Gasteiger partial charge is 0.415 e. The third-order valence-electron chi connectivity index (χ3n) is 4.64. The van der Waals surface area contributed by atoms with Gasteiger partial charge in [0.05, 0.1) is 24.2 Å². The topological polar surface area (TPSA) is 73.6 Å². The van der Waals surface area contributed by atoms with E-state index < -0.39 is 31.0 Å². The van der Waals surface area contributed by atoms with E-state index in [9.17, 15) is 18.4 Å². The number of ether oxygens (including phenoxy) is 1. The van der Waals surface area contributed by atoms with Crippen LogP contribution in [-0.2, 0) is 4.79 Å². The number of halogens is 2. The van der Waals surface area contributed by atoms with Crippen LogP contribution in [0.25, 0.3) is 0 Å². The van der Waals surface area contributed by atoms with E-state index in [0.717, 1.165) is 17.7 Å². The van der Waals surface area contributed by atoms with Crippen molar-refractivity contribution in [1.29, 1.82) is 5.26 Å². The van der Waals surface area contributed by atoms with Gasteiger partial charge in [-0.3, -0.25) is 9.69 Å². The molecule has 8 heteroatoms. The van der Waals surface area contributed by atoms with Crippen LogP contribution in [0.5, 0.6) is 5.75 Å². The smallest absolute Gasteiger partial charge is 0.410 e. The predicted molar refractivity (Wildman–Crippen MR) is 87.7 cm³/mol. The average Bonchev–Trinajstić information content (AvgIpc) is 2.61. The second-order valence-corrected chi connectivity index (χ2v) is 6.64. The monoisotopic (exact) mass is 363 g/mol. The molecule has 0 aromatic heterocycles. The second-order valence-electron chi connectivity index (χ2n) is 6.64. The third-order valence-corrected chi connectivity index (χ3v) is 4.64. The molecule has 26 heavy (non-hydrogen) atoms. The lowest BCUT2D eigenvalue weighted by atomic mass is 9.98. The summed E-state index contributed by atoms with van der Waals surface area (Å²) in [6.07, 6.45) is 0.576. The lowest BCUT2D eigenvalue weighted by molar-refractivity contribution is -0.142. The first-order chi connectivity index (χ1) is 12.4. The van der Waals surface area contributed by atoms with Crippen molar-refractivity contribution in [3.05, 3.63) is 29.8 Å². The molecule has 0 bridgehead atoms. The summed E-state index contributed by atoms with van der Waals surface area (Å²) >= 11 is 0. The molecule has 0 saturated carbocycles. The minimum absolute atomic E-state index is 0.0242. The maximum absolute atomic E-state index is 14.2. The fourth-order valence-electron chi connectivity index (χ4n) is 3.40. The van der Waals surface area contributed by atoms with E-state index in [2.05, 4.69) is 0 Å². The van der Waals surface area contributed by atoms with Crippen molar-refractivity contribution in [1.82, 2.24) is 9.80 Å². The van der Waals surface area contributed by atoms with Gasteiger partial charge >= 0.3 is 6.09 Å². The third kappa shape index (κ3) is 4.10. The highest BCUT2D eigenvalue weighted by Crippen LogP contribution is 2.31. The van der Waals surface area contributed by atoms with Gasteiger partial charge in [0.2, 0.25) is 5.91 Å². The van der Waals surface area contributed by atoms with Crippen LogP contribution in [0.3, 0.4) is 0 Å². The number of hydrogen-bond donors (Lipinski definition) is 0. The summed E-state index contributed by atoms with van der Waals surface area (Å²) in [6.45, 7) is -0.269. The highest BCUT2D eigenvalue weighted by atomic mass is 19.3. The van der Waals surface area contributed by atoms with Crippen molar-refractivity contribution < 1.29 is 23.1 Å². The fraction of sp³-hybridized carbons (Fsp3) is 0.500. The number of piperidine rings is 2. The molecule has 0 aliphatic carbocycles. The van der Waals surface area contributed by atoms with Crippen molar-refractivity contribution in [2.24, 2.45) is 0 Å². The van der Waals surface area contributed by atoms with Gasteiger partial charge in [0.25, 0.3) is 5.92 Å². The molecule has 0 unspecified atom stereocenters. The molecule has 0 radical (unpaired) electrons. The number of nitrogens with zero attached hydrogens (tertiary/aromatic N) is 3. The molecule has 6 nitrogen and oxygen atoms in total. The number of alkyl halides is 2. The summed E-state index contributed by atoms with van der Waals surface area (Å²) in [5.74, 6) is -3.04. The quantitative estimate of drug-likeness (QED) is 0.810. The summed E-state index contributed by atoms with van der Waals surface area (Å²) in [4.78, 5) is 26.8. The van der Waals surface area contributed by atoms with Crippen LogP contribution in [0, 0.1) is 11.3 Å². The number of rotatable bonds is 2. The van der Waals surface area contributed by atoms with E-state index in [1.54, 1.807) is 0 Å². The number of nitriles is 1. The van der Waals surface area contributed by atoms with Crippen molar-refractivity contribution in [3.63, 3.8) is 0 Å². The van der Waals surface area contributed by atoms with Gasteiger partial charge in [-0.25, -0.2) is 13.6 Å². The van der Waals surface area contributed by atoms with E-state index in [-0.39, 0.29) is 18.2 Å². The van der Waals surface area contributed by atoms with E-state index in [1.165, 1.54) is 29.2 Å². The normalized spacial score (nSPS) is 22.7. The summed E-state index contributed by atoms with van der Waals surface area (Å²) in [6, 6.07) is 7.05. The van der Waals surface area contributed by atoms with Gasteiger partial charge in [-0.1, -0.05) is 0 Å². The Labute approximate surface area is 149 Å². The molecule has 0 N–H and O–H groups in total. The molecule has 138 valence electrons. The number of carbonyl (C=O) groups is 2. The molecule has 2 aliphatic heterocycles. The maximum Gasteiger partial charge on any atom is 0.415 e. The lowest BCUT2D eigenvalue weighted by Crippen LogP contribution is -2.59. The van der Waals surface area contributed by atoms with Crippen molar-refractivity contribution >= 4 is 12.0 Å². The molecule has 1 aromatic carbocycles. The van der Waals surface area contributed by atoms with Crippen LogP contribution in [0.4, 0.5) is 13.6 Å². The molecule has 0 spiro atoms. The Morgan fingerprint density at radius 1 is 1.27 bits per heavy atom. The fourth-order valence-corrected chi connectivity index (χ4v) is 3.40. The number of amides is 2. The molecule has 1 aromatic rings. The van der Waals surface area contributed by atoms with Gasteiger partial charge in [0.15, 0.2) is 0 Å². The molecule has 2 heterocycles. The zero-order valence-electron chi connectivity index (χ0n) is 14.2. The molecule has 2 amide bonds. The minimum Gasteiger partial charge on any atom is -0.410 e.